The highest BCUT2D eigenvalue weighted by Gasteiger charge is 2.13. The number of Topliss-reactive ketones (excluding diaryl/α,β-unsaturated/α-hetero) is 1. The van der Waals surface area contributed by atoms with Gasteiger partial charge in [-0.2, -0.15) is 0 Å². The first-order chi connectivity index (χ1) is 8.04. The smallest absolute Gasteiger partial charge is 0.312 e. The summed E-state index contributed by atoms with van der Waals surface area (Å²) in [5, 5.41) is -1.06. The average molecular weight is 275 g/mol. The van der Waals surface area contributed by atoms with Crippen LogP contribution in [0.4, 0.5) is 0 Å². The fourth-order valence-electron chi connectivity index (χ4n) is 1.05. The van der Waals surface area contributed by atoms with Crippen LogP contribution in [0.2, 0.25) is 0 Å². The van der Waals surface area contributed by atoms with E-state index in [1.807, 2.05) is 0 Å². The van der Waals surface area contributed by atoms with Crippen LogP contribution < -0.4 is 4.74 Å². The third-order valence-electron chi connectivity index (χ3n) is 1.83. The summed E-state index contributed by atoms with van der Waals surface area (Å²) in [6, 6.07) is 5.51. The lowest BCUT2D eigenvalue weighted by Gasteiger charge is -2.03. The number of alkyl halides is 1. The van der Waals surface area contributed by atoms with Crippen LogP contribution >= 0.6 is 23.2 Å². The van der Waals surface area contributed by atoms with E-state index in [4.69, 9.17) is 27.9 Å². The van der Waals surface area contributed by atoms with E-state index in [9.17, 15) is 14.4 Å². The summed E-state index contributed by atoms with van der Waals surface area (Å²) in [6.45, 7) is 0. The lowest BCUT2D eigenvalue weighted by Crippen LogP contribution is -2.09. The summed E-state index contributed by atoms with van der Waals surface area (Å²) in [5.74, 6) is -0.813. The van der Waals surface area contributed by atoms with Crippen molar-refractivity contribution in [3.63, 3.8) is 0 Å². The molecule has 1 aromatic rings. The zero-order chi connectivity index (χ0) is 12.8. The summed E-state index contributed by atoms with van der Waals surface area (Å²) >= 11 is 10.4. The van der Waals surface area contributed by atoms with Crippen molar-refractivity contribution in [2.24, 2.45) is 0 Å². The van der Waals surface area contributed by atoms with Gasteiger partial charge in [0.2, 0.25) is 5.78 Å². The number of hydrogen-bond acceptors (Lipinski definition) is 4. The van der Waals surface area contributed by atoms with Gasteiger partial charge in [-0.1, -0.05) is 0 Å². The Kier molecular flexibility index (Phi) is 5.12. The maximum atomic E-state index is 11.2. The molecule has 0 saturated heterocycles. The second-order valence-corrected chi connectivity index (χ2v) is 3.76. The molecular formula is C11H8Cl2O4. The Balaban J connectivity index is 2.71. The maximum Gasteiger partial charge on any atom is 0.312 e. The largest absolute Gasteiger partial charge is 0.426 e. The fraction of sp³-hybridized carbons (Fsp3) is 0.182. The molecule has 6 heteroatoms. The maximum absolute atomic E-state index is 11.2. The molecule has 4 nitrogen and oxygen atoms in total. The van der Waals surface area contributed by atoms with Gasteiger partial charge in [0.15, 0.2) is 0 Å². The van der Waals surface area contributed by atoms with Crippen LogP contribution in [-0.2, 0) is 9.59 Å². The molecule has 0 spiro atoms. The molecule has 90 valence electrons. The number of carbonyl (C=O) groups is 3. The van der Waals surface area contributed by atoms with E-state index in [0.717, 1.165) is 0 Å². The molecule has 0 unspecified atom stereocenters. The molecule has 0 amide bonds. The number of rotatable bonds is 5. The van der Waals surface area contributed by atoms with E-state index in [0.29, 0.717) is 0 Å². The predicted octanol–water partition coefficient (Wildman–Crippen LogP) is 2.17. The van der Waals surface area contributed by atoms with Crippen molar-refractivity contribution >= 4 is 40.2 Å². The van der Waals surface area contributed by atoms with Crippen molar-refractivity contribution in [3.05, 3.63) is 29.8 Å². The van der Waals surface area contributed by atoms with Crippen LogP contribution in [-0.4, -0.2) is 22.9 Å². The van der Waals surface area contributed by atoms with Gasteiger partial charge in [-0.3, -0.25) is 14.4 Å². The fourth-order valence-corrected chi connectivity index (χ4v) is 1.31. The van der Waals surface area contributed by atoms with Crippen molar-refractivity contribution in [1.82, 2.24) is 0 Å². The van der Waals surface area contributed by atoms with Crippen LogP contribution in [0.1, 0.15) is 16.8 Å². The van der Waals surface area contributed by atoms with Gasteiger partial charge in [-0.05, 0) is 35.9 Å². The molecule has 0 saturated carbocycles. The number of ketones is 1. The Morgan fingerprint density at radius 1 is 1.12 bits per heavy atom. The number of ether oxygens (including phenoxy) is 1. The van der Waals surface area contributed by atoms with E-state index in [2.05, 4.69) is 0 Å². The van der Waals surface area contributed by atoms with Crippen LogP contribution in [0.5, 0.6) is 5.75 Å². The second-order valence-electron chi connectivity index (χ2n) is 3.04. The van der Waals surface area contributed by atoms with Crippen molar-refractivity contribution in [2.45, 2.75) is 6.42 Å². The number of hydrogen-bond donors (Lipinski definition) is 0. The molecule has 0 aliphatic heterocycles. The summed E-state index contributed by atoms with van der Waals surface area (Å²) in [4.78, 5) is 32.9. The first-order valence-corrected chi connectivity index (χ1v) is 5.56. The normalized spacial score (nSPS) is 9.76. The second kappa shape index (κ2) is 6.37. The minimum Gasteiger partial charge on any atom is -0.426 e. The minimum absolute atomic E-state index is 0.0996. The number of benzene rings is 1. The molecular weight excluding hydrogens is 267 g/mol. The molecule has 1 aromatic carbocycles. The van der Waals surface area contributed by atoms with E-state index in [-0.39, 0.29) is 23.6 Å². The molecule has 0 heterocycles. The highest BCUT2D eigenvalue weighted by atomic mass is 35.5. The number of carbonyl (C=O) groups excluding carboxylic acids is 3. The van der Waals surface area contributed by atoms with Gasteiger partial charge in [-0.15, -0.1) is 11.6 Å². The summed E-state index contributed by atoms with van der Waals surface area (Å²) < 4.78 is 4.90. The SMILES string of the molecule is O=C(CCCl)Oc1ccc(C(=O)C(=O)Cl)cc1. The average Bonchev–Trinajstić information content (AvgIpc) is 2.29. The third kappa shape index (κ3) is 4.17. The lowest BCUT2D eigenvalue weighted by atomic mass is 10.1. The minimum atomic E-state index is -1.06. The summed E-state index contributed by atoms with van der Waals surface area (Å²) in [6.07, 6.45) is 0.0996. The lowest BCUT2D eigenvalue weighted by molar-refractivity contribution is -0.133. The van der Waals surface area contributed by atoms with Gasteiger partial charge in [0.05, 0.1) is 6.42 Å². The molecule has 0 aromatic heterocycles. The van der Waals surface area contributed by atoms with Gasteiger partial charge >= 0.3 is 5.97 Å². The van der Waals surface area contributed by atoms with Gasteiger partial charge in [0.25, 0.3) is 5.24 Å². The molecule has 0 N–H and O–H groups in total. The molecule has 0 atom stereocenters. The molecule has 0 fully saturated rings. The van der Waals surface area contributed by atoms with E-state index in [1.54, 1.807) is 0 Å². The van der Waals surface area contributed by atoms with Crippen molar-refractivity contribution in [3.8, 4) is 5.75 Å². The zero-order valence-electron chi connectivity index (χ0n) is 8.61. The topological polar surface area (TPSA) is 60.4 Å². The standard InChI is InChI=1S/C11H8Cl2O4/c12-6-5-9(14)17-8-3-1-7(2-4-8)10(15)11(13)16/h1-4H,5-6H2. The van der Waals surface area contributed by atoms with Gasteiger partial charge in [-0.25, -0.2) is 0 Å². The third-order valence-corrected chi connectivity index (χ3v) is 2.19. The Morgan fingerprint density at radius 3 is 2.18 bits per heavy atom. The highest BCUT2D eigenvalue weighted by Crippen LogP contribution is 2.14. The Hall–Kier alpha value is -1.39. The molecule has 17 heavy (non-hydrogen) atoms. The molecule has 0 aliphatic carbocycles. The van der Waals surface area contributed by atoms with E-state index in [1.165, 1.54) is 24.3 Å². The van der Waals surface area contributed by atoms with Crippen molar-refractivity contribution in [2.75, 3.05) is 5.88 Å². The Bertz CT molecular complexity index is 439. The quantitative estimate of drug-likeness (QED) is 0.206. The monoisotopic (exact) mass is 274 g/mol. The number of esters is 1. The molecule has 0 radical (unpaired) electrons. The van der Waals surface area contributed by atoms with Gasteiger partial charge in [0.1, 0.15) is 5.75 Å². The van der Waals surface area contributed by atoms with E-state index < -0.39 is 17.0 Å². The molecule has 0 bridgehead atoms. The number of halogens is 2. The van der Waals surface area contributed by atoms with Crippen molar-refractivity contribution in [1.29, 1.82) is 0 Å². The Labute approximate surface area is 107 Å². The summed E-state index contributed by atoms with van der Waals surface area (Å²) in [5.41, 5.74) is 0.141. The molecule has 0 aliphatic rings. The summed E-state index contributed by atoms with van der Waals surface area (Å²) in [7, 11) is 0. The Morgan fingerprint density at radius 2 is 1.71 bits per heavy atom. The first kappa shape index (κ1) is 13.7. The highest BCUT2D eigenvalue weighted by molar-refractivity contribution is 6.83. The van der Waals surface area contributed by atoms with Gasteiger partial charge < -0.3 is 4.74 Å². The van der Waals surface area contributed by atoms with Gasteiger partial charge in [0, 0.05) is 11.4 Å². The molecule has 1 rings (SSSR count). The van der Waals surface area contributed by atoms with Crippen LogP contribution in [0, 0.1) is 0 Å². The van der Waals surface area contributed by atoms with Crippen LogP contribution in [0.25, 0.3) is 0 Å². The zero-order valence-corrected chi connectivity index (χ0v) is 10.1. The van der Waals surface area contributed by atoms with Crippen LogP contribution in [0.15, 0.2) is 24.3 Å². The predicted molar refractivity (Wildman–Crippen MR) is 62.6 cm³/mol. The van der Waals surface area contributed by atoms with Crippen molar-refractivity contribution < 1.29 is 19.1 Å². The first-order valence-electron chi connectivity index (χ1n) is 4.65. The van der Waals surface area contributed by atoms with E-state index >= 15 is 0 Å². The van der Waals surface area contributed by atoms with Crippen LogP contribution in [0.3, 0.4) is 0 Å².